The Balaban J connectivity index is 3.76. The fourth-order valence-corrected chi connectivity index (χ4v) is 0.484. The molecule has 68 valence electrons. The highest BCUT2D eigenvalue weighted by molar-refractivity contribution is 5.96. The van der Waals surface area contributed by atoms with Gasteiger partial charge in [-0.2, -0.15) is 0 Å². The van der Waals surface area contributed by atoms with E-state index in [0.717, 1.165) is 0 Å². The quantitative estimate of drug-likeness (QED) is 0.580. The van der Waals surface area contributed by atoms with Crippen LogP contribution in [0.2, 0.25) is 0 Å². The van der Waals surface area contributed by atoms with Crippen molar-refractivity contribution in [2.75, 3.05) is 6.54 Å². The van der Waals surface area contributed by atoms with Gasteiger partial charge in [0.15, 0.2) is 5.78 Å². The molecule has 0 aromatic rings. The smallest absolute Gasteiger partial charge is 0.320 e. The zero-order chi connectivity index (χ0) is 9.72. The van der Waals surface area contributed by atoms with Gasteiger partial charge in [0, 0.05) is 0 Å². The van der Waals surface area contributed by atoms with Gasteiger partial charge in [0.25, 0.3) is 0 Å². The lowest BCUT2D eigenvalue weighted by Gasteiger charge is -2.07. The Morgan fingerprint density at radius 3 is 2.42 bits per heavy atom. The van der Waals surface area contributed by atoms with Crippen molar-refractivity contribution < 1.29 is 14.7 Å². The van der Waals surface area contributed by atoms with Crippen LogP contribution in [-0.4, -0.2) is 29.4 Å². The Hall–Kier alpha value is -1.16. The molecule has 0 saturated carbocycles. The van der Waals surface area contributed by atoms with E-state index < -0.39 is 12.0 Å². The highest BCUT2D eigenvalue weighted by Gasteiger charge is 2.11. The van der Waals surface area contributed by atoms with E-state index in [1.54, 1.807) is 6.92 Å². The van der Waals surface area contributed by atoms with Gasteiger partial charge in [0.05, 0.1) is 6.54 Å². The molecule has 4 nitrogen and oxygen atoms in total. The molecule has 0 rings (SSSR count). The molecule has 2 N–H and O–H groups in total. The molecule has 4 heteroatoms. The molecule has 0 saturated heterocycles. The number of aliphatic carboxylic acids is 1. The average molecular weight is 171 g/mol. The molecule has 0 aromatic carbocycles. The van der Waals surface area contributed by atoms with E-state index in [1.807, 2.05) is 0 Å². The first-order chi connectivity index (χ1) is 5.45. The number of hydrogen-bond acceptors (Lipinski definition) is 3. The van der Waals surface area contributed by atoms with Crippen LogP contribution in [0.15, 0.2) is 12.2 Å². The van der Waals surface area contributed by atoms with Crippen molar-refractivity contribution in [1.82, 2.24) is 5.32 Å². The maximum Gasteiger partial charge on any atom is 0.320 e. The third-order valence-corrected chi connectivity index (χ3v) is 1.42. The topological polar surface area (TPSA) is 66.4 Å². The Morgan fingerprint density at radius 2 is 2.08 bits per heavy atom. The van der Waals surface area contributed by atoms with Crippen LogP contribution < -0.4 is 5.32 Å². The van der Waals surface area contributed by atoms with Crippen LogP contribution in [0.4, 0.5) is 0 Å². The molecule has 0 aliphatic rings. The summed E-state index contributed by atoms with van der Waals surface area (Å²) in [6.45, 7) is 6.54. The number of hydrogen-bond donors (Lipinski definition) is 2. The number of nitrogens with one attached hydrogen (secondary N) is 1. The van der Waals surface area contributed by atoms with Crippen LogP contribution in [0, 0.1) is 0 Å². The van der Waals surface area contributed by atoms with Gasteiger partial charge in [0.1, 0.15) is 6.04 Å². The van der Waals surface area contributed by atoms with E-state index in [-0.39, 0.29) is 12.3 Å². The monoisotopic (exact) mass is 171 g/mol. The maximum atomic E-state index is 10.9. The normalized spacial score (nSPS) is 12.2. The Morgan fingerprint density at radius 1 is 1.58 bits per heavy atom. The summed E-state index contributed by atoms with van der Waals surface area (Å²) in [5.41, 5.74) is 0.431. The van der Waals surface area contributed by atoms with Crippen LogP contribution in [0.3, 0.4) is 0 Å². The summed E-state index contributed by atoms with van der Waals surface area (Å²) in [6.07, 6.45) is 0. The fourth-order valence-electron chi connectivity index (χ4n) is 0.484. The zero-order valence-corrected chi connectivity index (χ0v) is 7.26. The van der Waals surface area contributed by atoms with Crippen molar-refractivity contribution >= 4 is 11.8 Å². The van der Waals surface area contributed by atoms with Crippen molar-refractivity contribution in [3.8, 4) is 0 Å². The molecule has 0 aliphatic carbocycles. The summed E-state index contributed by atoms with van der Waals surface area (Å²) in [5.74, 6) is -1.13. The molecule has 0 spiro atoms. The van der Waals surface area contributed by atoms with Crippen molar-refractivity contribution in [1.29, 1.82) is 0 Å². The van der Waals surface area contributed by atoms with E-state index in [0.29, 0.717) is 5.57 Å². The van der Waals surface area contributed by atoms with E-state index >= 15 is 0 Å². The second-order valence-corrected chi connectivity index (χ2v) is 2.64. The highest BCUT2D eigenvalue weighted by Crippen LogP contribution is 1.88. The minimum absolute atomic E-state index is 0.0306. The summed E-state index contributed by atoms with van der Waals surface area (Å²) < 4.78 is 0. The molecule has 1 atom stereocenters. The van der Waals surface area contributed by atoms with Crippen LogP contribution >= 0.6 is 0 Å². The Bertz CT molecular complexity index is 210. The van der Waals surface area contributed by atoms with E-state index in [4.69, 9.17) is 5.11 Å². The van der Waals surface area contributed by atoms with Crippen LogP contribution in [0.25, 0.3) is 0 Å². The summed E-state index contributed by atoms with van der Waals surface area (Å²) in [4.78, 5) is 21.2. The number of carbonyl (C=O) groups is 2. The predicted octanol–water partition coefficient (Wildman–Crippen LogP) is 0.194. The second-order valence-electron chi connectivity index (χ2n) is 2.64. The molecule has 0 heterocycles. The van der Waals surface area contributed by atoms with Gasteiger partial charge in [-0.15, -0.1) is 0 Å². The summed E-state index contributed by atoms with van der Waals surface area (Å²) in [5, 5.41) is 11.0. The first-order valence-electron chi connectivity index (χ1n) is 3.60. The molecular formula is C8H13NO3. The standard InChI is InChI=1S/C8H13NO3/c1-5(2)7(10)4-9-6(3)8(11)12/h6,9H,1,4H2,2-3H3,(H,11,12)/t6-/m0/s1. The van der Waals surface area contributed by atoms with Gasteiger partial charge in [-0.25, -0.2) is 0 Å². The van der Waals surface area contributed by atoms with Gasteiger partial charge < -0.3 is 5.11 Å². The van der Waals surface area contributed by atoms with Crippen molar-refractivity contribution in [2.24, 2.45) is 0 Å². The third kappa shape index (κ3) is 3.88. The maximum absolute atomic E-state index is 10.9. The average Bonchev–Trinajstić information content (AvgIpc) is 1.98. The molecule has 0 aromatic heterocycles. The van der Waals surface area contributed by atoms with Gasteiger partial charge >= 0.3 is 5.97 Å². The molecule has 0 amide bonds. The predicted molar refractivity (Wildman–Crippen MR) is 44.9 cm³/mol. The molecule has 0 aliphatic heterocycles. The minimum atomic E-state index is -0.968. The number of carboxylic acid groups (broad SMARTS) is 1. The van der Waals surface area contributed by atoms with E-state index in [1.165, 1.54) is 6.92 Å². The lowest BCUT2D eigenvalue weighted by Crippen LogP contribution is -2.37. The lowest BCUT2D eigenvalue weighted by molar-refractivity contribution is -0.139. The van der Waals surface area contributed by atoms with Crippen molar-refractivity contribution in [3.05, 3.63) is 12.2 Å². The largest absolute Gasteiger partial charge is 0.480 e. The van der Waals surface area contributed by atoms with E-state index in [2.05, 4.69) is 11.9 Å². The Labute approximate surface area is 71.3 Å². The van der Waals surface area contributed by atoms with Crippen LogP contribution in [-0.2, 0) is 9.59 Å². The molecule has 0 unspecified atom stereocenters. The van der Waals surface area contributed by atoms with Gasteiger partial charge in [-0.05, 0) is 19.4 Å². The SMILES string of the molecule is C=C(C)C(=O)CN[C@@H](C)C(=O)O. The summed E-state index contributed by atoms with van der Waals surface area (Å²) in [6, 6.07) is -0.701. The summed E-state index contributed by atoms with van der Waals surface area (Å²) in [7, 11) is 0. The lowest BCUT2D eigenvalue weighted by atomic mass is 10.2. The van der Waals surface area contributed by atoms with Crippen molar-refractivity contribution in [2.45, 2.75) is 19.9 Å². The molecule has 0 radical (unpaired) electrons. The molecular weight excluding hydrogens is 158 g/mol. The minimum Gasteiger partial charge on any atom is -0.480 e. The summed E-state index contributed by atoms with van der Waals surface area (Å²) >= 11 is 0. The molecule has 0 bridgehead atoms. The number of carboxylic acids is 1. The fraction of sp³-hybridized carbons (Fsp3) is 0.500. The van der Waals surface area contributed by atoms with Crippen LogP contribution in [0.5, 0.6) is 0 Å². The molecule has 12 heavy (non-hydrogen) atoms. The van der Waals surface area contributed by atoms with Crippen LogP contribution in [0.1, 0.15) is 13.8 Å². The van der Waals surface area contributed by atoms with E-state index in [9.17, 15) is 9.59 Å². The highest BCUT2D eigenvalue weighted by atomic mass is 16.4. The number of rotatable bonds is 5. The van der Waals surface area contributed by atoms with Crippen molar-refractivity contribution in [3.63, 3.8) is 0 Å². The first kappa shape index (κ1) is 10.8. The second kappa shape index (κ2) is 4.66. The Kier molecular flexibility index (Phi) is 4.21. The number of carbonyl (C=O) groups excluding carboxylic acids is 1. The van der Waals surface area contributed by atoms with Gasteiger partial charge in [0.2, 0.25) is 0 Å². The third-order valence-electron chi connectivity index (χ3n) is 1.42. The zero-order valence-electron chi connectivity index (χ0n) is 7.26. The molecule has 0 fully saturated rings. The first-order valence-corrected chi connectivity index (χ1v) is 3.60. The number of Topliss-reactive ketones (excluding diaryl/α,β-unsaturated/α-hetero) is 1. The number of ketones is 1. The van der Waals surface area contributed by atoms with Gasteiger partial charge in [-0.3, -0.25) is 14.9 Å². The van der Waals surface area contributed by atoms with Gasteiger partial charge in [-0.1, -0.05) is 6.58 Å².